The highest BCUT2D eigenvalue weighted by molar-refractivity contribution is 5.80. The number of nitrogens with one attached hydrogen (secondary N) is 2. The maximum absolute atomic E-state index is 5.32. The number of hydrogen-bond donors (Lipinski definition) is 2. The molecule has 0 amide bonds. The van der Waals surface area contributed by atoms with E-state index in [4.69, 9.17) is 11.2 Å². The third-order valence-electron chi connectivity index (χ3n) is 3.78. The molecule has 7 nitrogen and oxygen atoms in total. The van der Waals surface area contributed by atoms with Gasteiger partial charge in [-0.1, -0.05) is 18.1 Å². The molecule has 25 heavy (non-hydrogen) atoms. The molecule has 2 rings (SSSR count). The molecule has 0 atom stereocenters. The lowest BCUT2D eigenvalue weighted by Gasteiger charge is -2.11. The van der Waals surface area contributed by atoms with Crippen molar-refractivity contribution >= 4 is 5.96 Å². The van der Waals surface area contributed by atoms with Crippen molar-refractivity contribution in [2.75, 3.05) is 20.2 Å². The summed E-state index contributed by atoms with van der Waals surface area (Å²) in [6.07, 6.45) is 6.19. The third-order valence-corrected chi connectivity index (χ3v) is 3.78. The lowest BCUT2D eigenvalue weighted by Crippen LogP contribution is -2.38. The Bertz CT molecular complexity index is 742. The number of ether oxygens (including phenoxy) is 1. The topological polar surface area (TPSA) is 76.4 Å². The first kappa shape index (κ1) is 18.3. The summed E-state index contributed by atoms with van der Waals surface area (Å²) in [5.41, 5.74) is 1.22. The average Bonchev–Trinajstić information content (AvgIpc) is 2.96. The molecular formula is C18H24N6O. The van der Waals surface area contributed by atoms with Crippen LogP contribution in [0.2, 0.25) is 0 Å². The smallest absolute Gasteiger partial charge is 0.192 e. The van der Waals surface area contributed by atoms with E-state index in [1.54, 1.807) is 7.11 Å². The quantitative estimate of drug-likeness (QED) is 0.447. The molecule has 0 spiro atoms. The molecule has 2 N–H and O–H groups in total. The molecule has 0 aliphatic carbocycles. The van der Waals surface area contributed by atoms with Gasteiger partial charge in [-0.05, 0) is 31.0 Å². The molecular weight excluding hydrogens is 316 g/mol. The molecule has 0 saturated heterocycles. The fourth-order valence-electron chi connectivity index (χ4n) is 2.16. The average molecular weight is 340 g/mol. The molecule has 0 bridgehead atoms. The molecule has 0 saturated carbocycles. The summed E-state index contributed by atoms with van der Waals surface area (Å²) in [6, 6.07) is 8.01. The molecule has 0 unspecified atom stereocenters. The Labute approximate surface area is 148 Å². The molecule has 0 aliphatic heterocycles. The van der Waals surface area contributed by atoms with Gasteiger partial charge in [0, 0.05) is 13.6 Å². The summed E-state index contributed by atoms with van der Waals surface area (Å²) in [4.78, 5) is 4.52. The van der Waals surface area contributed by atoms with Crippen molar-refractivity contribution in [3.05, 3.63) is 41.5 Å². The Morgan fingerprint density at radius 2 is 2.04 bits per heavy atom. The van der Waals surface area contributed by atoms with E-state index in [-0.39, 0.29) is 0 Å². The summed E-state index contributed by atoms with van der Waals surface area (Å²) in [5.74, 6) is 5.73. The van der Waals surface area contributed by atoms with Crippen LogP contribution in [0.15, 0.2) is 29.3 Å². The number of aliphatic imine (C=N–C) groups is 1. The van der Waals surface area contributed by atoms with Gasteiger partial charge < -0.3 is 19.9 Å². The Morgan fingerprint density at radius 3 is 2.64 bits per heavy atom. The number of hydrogen-bond acceptors (Lipinski definition) is 4. The summed E-state index contributed by atoms with van der Waals surface area (Å²) < 4.78 is 7.08. The second-order valence-electron chi connectivity index (χ2n) is 5.47. The van der Waals surface area contributed by atoms with Crippen molar-refractivity contribution in [3.8, 4) is 18.1 Å². The van der Waals surface area contributed by atoms with Crippen molar-refractivity contribution in [1.82, 2.24) is 25.4 Å². The van der Waals surface area contributed by atoms with Crippen LogP contribution in [-0.4, -0.2) is 40.9 Å². The van der Waals surface area contributed by atoms with E-state index >= 15 is 0 Å². The largest absolute Gasteiger partial charge is 0.497 e. The Balaban J connectivity index is 1.91. The van der Waals surface area contributed by atoms with Crippen LogP contribution in [-0.2, 0) is 20.0 Å². The van der Waals surface area contributed by atoms with Crippen LogP contribution in [0.25, 0.3) is 0 Å². The molecule has 0 radical (unpaired) electrons. The van der Waals surface area contributed by atoms with Crippen molar-refractivity contribution in [2.24, 2.45) is 12.0 Å². The maximum atomic E-state index is 5.32. The van der Waals surface area contributed by atoms with Gasteiger partial charge in [0.1, 0.15) is 18.1 Å². The van der Waals surface area contributed by atoms with Crippen LogP contribution in [0.5, 0.6) is 5.75 Å². The number of nitrogens with zero attached hydrogens (tertiary/aromatic N) is 4. The minimum atomic E-state index is 0.409. The molecule has 132 valence electrons. The van der Waals surface area contributed by atoms with E-state index in [0.29, 0.717) is 19.0 Å². The van der Waals surface area contributed by atoms with Crippen LogP contribution in [0.3, 0.4) is 0 Å². The molecule has 1 aromatic carbocycles. The SMILES string of the molecule is C#CCNC(=NCc1nnc(C)n1C)NCCc1ccc(OC)cc1. The molecule has 1 aromatic heterocycles. The van der Waals surface area contributed by atoms with E-state index < -0.39 is 0 Å². The normalized spacial score (nSPS) is 11.0. The Morgan fingerprint density at radius 1 is 1.28 bits per heavy atom. The first-order chi connectivity index (χ1) is 12.1. The van der Waals surface area contributed by atoms with Crippen molar-refractivity contribution in [1.29, 1.82) is 0 Å². The standard InChI is InChI=1S/C18H24N6O/c1-5-11-19-18(21-13-17-23-22-14(2)24(17)3)20-12-10-15-6-8-16(25-4)9-7-15/h1,6-9H,10-13H2,2-4H3,(H2,19,20,21). The summed E-state index contributed by atoms with van der Waals surface area (Å²) >= 11 is 0. The van der Waals surface area contributed by atoms with E-state index in [9.17, 15) is 0 Å². The molecule has 0 aliphatic rings. The summed E-state index contributed by atoms with van der Waals surface area (Å²) in [7, 11) is 3.58. The van der Waals surface area contributed by atoms with Crippen molar-refractivity contribution in [3.63, 3.8) is 0 Å². The van der Waals surface area contributed by atoms with Gasteiger partial charge in [-0.3, -0.25) is 0 Å². The minimum absolute atomic E-state index is 0.409. The maximum Gasteiger partial charge on any atom is 0.192 e. The molecule has 0 fully saturated rings. The summed E-state index contributed by atoms with van der Waals surface area (Å²) in [6.45, 7) is 3.48. The van der Waals surface area contributed by atoms with E-state index in [1.807, 2.05) is 30.7 Å². The summed E-state index contributed by atoms with van der Waals surface area (Å²) in [5, 5.41) is 14.5. The van der Waals surface area contributed by atoms with Crippen LogP contribution in [0.1, 0.15) is 17.2 Å². The van der Waals surface area contributed by atoms with Crippen LogP contribution >= 0.6 is 0 Å². The highest BCUT2D eigenvalue weighted by atomic mass is 16.5. The predicted molar refractivity (Wildman–Crippen MR) is 98.4 cm³/mol. The van der Waals surface area contributed by atoms with E-state index in [1.165, 1.54) is 5.56 Å². The first-order valence-electron chi connectivity index (χ1n) is 8.07. The number of aromatic nitrogens is 3. The molecule has 7 heteroatoms. The fourth-order valence-corrected chi connectivity index (χ4v) is 2.16. The third kappa shape index (κ3) is 5.53. The number of aryl methyl sites for hydroxylation is 1. The predicted octanol–water partition coefficient (Wildman–Crippen LogP) is 1.04. The number of guanidine groups is 1. The number of terminal acetylenes is 1. The lowest BCUT2D eigenvalue weighted by atomic mass is 10.1. The molecule has 2 aromatic rings. The van der Waals surface area contributed by atoms with Gasteiger partial charge in [0.2, 0.25) is 0 Å². The molecule has 1 heterocycles. The number of methoxy groups -OCH3 is 1. The zero-order valence-electron chi connectivity index (χ0n) is 14.9. The van der Waals surface area contributed by atoms with Gasteiger partial charge in [0.05, 0.1) is 13.7 Å². The van der Waals surface area contributed by atoms with Gasteiger partial charge >= 0.3 is 0 Å². The van der Waals surface area contributed by atoms with E-state index in [2.05, 4.69) is 43.9 Å². The second kappa shape index (κ2) is 9.33. The Hall–Kier alpha value is -3.01. The van der Waals surface area contributed by atoms with Gasteiger partial charge in [-0.25, -0.2) is 4.99 Å². The van der Waals surface area contributed by atoms with Gasteiger partial charge in [-0.15, -0.1) is 16.6 Å². The first-order valence-corrected chi connectivity index (χ1v) is 8.07. The van der Waals surface area contributed by atoms with Crippen LogP contribution in [0, 0.1) is 19.3 Å². The Kier molecular flexibility index (Phi) is 6.84. The van der Waals surface area contributed by atoms with Crippen LogP contribution in [0.4, 0.5) is 0 Å². The minimum Gasteiger partial charge on any atom is -0.497 e. The van der Waals surface area contributed by atoms with Crippen LogP contribution < -0.4 is 15.4 Å². The fraction of sp³-hybridized carbons (Fsp3) is 0.389. The van der Waals surface area contributed by atoms with Gasteiger partial charge in [0.25, 0.3) is 0 Å². The zero-order valence-corrected chi connectivity index (χ0v) is 14.9. The highest BCUT2D eigenvalue weighted by Crippen LogP contribution is 2.11. The monoisotopic (exact) mass is 340 g/mol. The lowest BCUT2D eigenvalue weighted by molar-refractivity contribution is 0.414. The number of rotatable bonds is 7. The highest BCUT2D eigenvalue weighted by Gasteiger charge is 2.05. The van der Waals surface area contributed by atoms with Gasteiger partial charge in [-0.2, -0.15) is 0 Å². The van der Waals surface area contributed by atoms with E-state index in [0.717, 1.165) is 30.4 Å². The van der Waals surface area contributed by atoms with Crippen molar-refractivity contribution in [2.45, 2.75) is 19.9 Å². The number of benzene rings is 1. The zero-order chi connectivity index (χ0) is 18.1. The van der Waals surface area contributed by atoms with Gasteiger partial charge in [0.15, 0.2) is 11.8 Å². The van der Waals surface area contributed by atoms with Crippen molar-refractivity contribution < 1.29 is 4.74 Å². The second-order valence-corrected chi connectivity index (χ2v) is 5.47.